The van der Waals surface area contributed by atoms with Crippen molar-refractivity contribution in [3.05, 3.63) is 94.4 Å². The molecule has 0 bridgehead atoms. The van der Waals surface area contributed by atoms with Gasteiger partial charge in [-0.2, -0.15) is 0 Å². The zero-order valence-corrected chi connectivity index (χ0v) is 18.5. The molecule has 0 spiro atoms. The minimum atomic E-state index is -0.217. The molecule has 1 aliphatic rings. The van der Waals surface area contributed by atoms with Crippen molar-refractivity contribution in [3.63, 3.8) is 0 Å². The van der Waals surface area contributed by atoms with Gasteiger partial charge in [0.1, 0.15) is 5.65 Å². The summed E-state index contributed by atoms with van der Waals surface area (Å²) in [7, 11) is 0. The molecule has 0 saturated carbocycles. The number of carbonyl (C=O) groups excluding carboxylic acids is 1. The number of pyridine rings is 1. The number of benzene rings is 2. The molecule has 32 heavy (non-hydrogen) atoms. The molecule has 6 heteroatoms. The minimum Gasteiger partial charge on any atom is -0.346 e. The summed E-state index contributed by atoms with van der Waals surface area (Å²) in [5, 5.41) is 5.17. The van der Waals surface area contributed by atoms with Gasteiger partial charge in [-0.15, -0.1) is 11.3 Å². The molecule has 5 aromatic rings. The summed E-state index contributed by atoms with van der Waals surface area (Å²) in [4.78, 5) is 26.6. The predicted octanol–water partition coefficient (Wildman–Crippen LogP) is 5.80. The monoisotopic (exact) mass is 436 g/mol. The number of aromatic nitrogens is 3. The van der Waals surface area contributed by atoms with Gasteiger partial charge in [-0.1, -0.05) is 42.5 Å². The van der Waals surface area contributed by atoms with Crippen LogP contribution in [0.1, 0.15) is 38.2 Å². The topological polar surface area (TPSA) is 70.7 Å². The molecule has 1 amide bonds. The first-order valence-corrected chi connectivity index (χ1v) is 11.3. The van der Waals surface area contributed by atoms with Gasteiger partial charge in [0, 0.05) is 23.3 Å². The van der Waals surface area contributed by atoms with Crippen LogP contribution in [-0.4, -0.2) is 20.9 Å². The van der Waals surface area contributed by atoms with E-state index in [1.807, 2.05) is 19.1 Å². The van der Waals surface area contributed by atoms with Gasteiger partial charge in [0.2, 0.25) is 0 Å². The molecule has 2 aromatic carbocycles. The zero-order valence-electron chi connectivity index (χ0n) is 17.6. The first-order valence-electron chi connectivity index (χ1n) is 10.5. The molecule has 3 heterocycles. The number of H-pyrrole nitrogens is 1. The molecule has 0 aliphatic heterocycles. The summed E-state index contributed by atoms with van der Waals surface area (Å²) < 4.78 is 0. The van der Waals surface area contributed by atoms with Crippen LogP contribution in [0.2, 0.25) is 0 Å². The molecule has 1 atom stereocenters. The Bertz CT molecular complexity index is 1510. The van der Waals surface area contributed by atoms with Crippen molar-refractivity contribution in [2.45, 2.75) is 19.9 Å². The number of fused-ring (bicyclic) bond motifs is 4. The number of thiazole rings is 1. The van der Waals surface area contributed by atoms with E-state index in [4.69, 9.17) is 0 Å². The highest BCUT2D eigenvalue weighted by Crippen LogP contribution is 2.49. The number of hydrogen-bond donors (Lipinski definition) is 2. The molecule has 0 radical (unpaired) electrons. The van der Waals surface area contributed by atoms with E-state index in [9.17, 15) is 4.79 Å². The maximum absolute atomic E-state index is 13.4. The number of nitrogens with zero attached hydrogens (tertiary/aromatic N) is 2. The van der Waals surface area contributed by atoms with Gasteiger partial charge in [0.05, 0.1) is 27.2 Å². The second-order valence-electron chi connectivity index (χ2n) is 8.01. The first-order chi connectivity index (χ1) is 15.6. The van der Waals surface area contributed by atoms with E-state index in [-0.39, 0.29) is 11.9 Å². The third kappa shape index (κ3) is 2.80. The van der Waals surface area contributed by atoms with Crippen molar-refractivity contribution in [1.82, 2.24) is 20.3 Å². The fraction of sp³-hybridized carbons (Fsp3) is 0.115. The third-order valence-corrected chi connectivity index (χ3v) is 7.18. The van der Waals surface area contributed by atoms with Crippen molar-refractivity contribution in [2.24, 2.45) is 0 Å². The fourth-order valence-electron chi connectivity index (χ4n) is 4.75. The lowest BCUT2D eigenvalue weighted by Gasteiger charge is -2.17. The van der Waals surface area contributed by atoms with Gasteiger partial charge in [-0.25, -0.2) is 9.97 Å². The highest BCUT2D eigenvalue weighted by molar-refractivity contribution is 7.15. The first kappa shape index (κ1) is 19.0. The summed E-state index contributed by atoms with van der Waals surface area (Å²) in [5.74, 6) is -0.111. The number of rotatable bonds is 3. The van der Waals surface area contributed by atoms with E-state index in [1.54, 1.807) is 29.8 Å². The van der Waals surface area contributed by atoms with Crippen LogP contribution in [0.25, 0.3) is 32.6 Å². The zero-order chi connectivity index (χ0) is 21.8. The van der Waals surface area contributed by atoms with Gasteiger partial charge >= 0.3 is 0 Å². The van der Waals surface area contributed by atoms with E-state index in [0.29, 0.717) is 11.2 Å². The molecular formula is C26H20N4OS. The second kappa shape index (κ2) is 7.14. The van der Waals surface area contributed by atoms with E-state index in [2.05, 4.69) is 63.6 Å². The second-order valence-corrected chi connectivity index (χ2v) is 9.21. The number of nitrogens with one attached hydrogen (secondary N) is 2. The van der Waals surface area contributed by atoms with Crippen molar-refractivity contribution in [3.8, 4) is 21.6 Å². The van der Waals surface area contributed by atoms with E-state index < -0.39 is 0 Å². The molecule has 1 unspecified atom stereocenters. The Balaban J connectivity index is 1.49. The summed E-state index contributed by atoms with van der Waals surface area (Å²) in [6.45, 7) is 4.10. The maximum Gasteiger partial charge on any atom is 0.252 e. The van der Waals surface area contributed by atoms with Crippen LogP contribution in [0.15, 0.2) is 67.0 Å². The van der Waals surface area contributed by atoms with Gasteiger partial charge in [0.15, 0.2) is 0 Å². The van der Waals surface area contributed by atoms with Crippen LogP contribution < -0.4 is 5.32 Å². The number of carbonyl (C=O) groups is 1. The van der Waals surface area contributed by atoms with Crippen LogP contribution in [0.3, 0.4) is 0 Å². The van der Waals surface area contributed by atoms with E-state index in [1.165, 1.54) is 16.0 Å². The lowest BCUT2D eigenvalue weighted by atomic mass is 9.97. The quantitative estimate of drug-likeness (QED) is 0.375. The van der Waals surface area contributed by atoms with Crippen LogP contribution >= 0.6 is 11.3 Å². The lowest BCUT2D eigenvalue weighted by Crippen LogP contribution is -2.28. The Labute approximate surface area is 189 Å². The average Bonchev–Trinajstić information content (AvgIpc) is 3.49. The standard InChI is InChI=1S/C26H20N4OS/c1-14-24(32-15(2)29-14)21-9-5-8-20-22(21)16-6-3-4-7-17(16)23(20)30-26(31)19-11-13-28-25-18(19)10-12-27-25/h3-13,23H,1-2H3,(H,27,28)(H,30,31). The maximum atomic E-state index is 13.4. The molecule has 0 fully saturated rings. The molecular weight excluding hydrogens is 416 g/mol. The molecule has 1 aliphatic carbocycles. The summed E-state index contributed by atoms with van der Waals surface area (Å²) >= 11 is 1.71. The fourth-order valence-corrected chi connectivity index (χ4v) is 5.70. The molecule has 2 N–H and O–H groups in total. The number of aromatic amines is 1. The number of amides is 1. The van der Waals surface area contributed by atoms with Gasteiger partial charge < -0.3 is 10.3 Å². The van der Waals surface area contributed by atoms with Crippen molar-refractivity contribution >= 4 is 28.3 Å². The molecule has 6 rings (SSSR count). The number of hydrogen-bond acceptors (Lipinski definition) is 4. The predicted molar refractivity (Wildman–Crippen MR) is 128 cm³/mol. The number of aryl methyl sites for hydroxylation is 2. The SMILES string of the molecule is Cc1nc(C)c(-c2cccc3c2-c2ccccc2C3NC(=O)c2ccnc3[nH]ccc23)s1. The minimum absolute atomic E-state index is 0.111. The Morgan fingerprint density at radius 2 is 1.81 bits per heavy atom. The molecule has 156 valence electrons. The Morgan fingerprint density at radius 1 is 1.00 bits per heavy atom. The Hall–Kier alpha value is -3.77. The van der Waals surface area contributed by atoms with E-state index in [0.717, 1.165) is 32.8 Å². The van der Waals surface area contributed by atoms with Crippen LogP contribution in [0, 0.1) is 13.8 Å². The van der Waals surface area contributed by atoms with Crippen LogP contribution in [0.5, 0.6) is 0 Å². The largest absolute Gasteiger partial charge is 0.346 e. The van der Waals surface area contributed by atoms with Crippen LogP contribution in [-0.2, 0) is 0 Å². The molecule has 5 nitrogen and oxygen atoms in total. The molecule has 3 aromatic heterocycles. The van der Waals surface area contributed by atoms with Gasteiger partial charge in [-0.05, 0) is 48.2 Å². The smallest absolute Gasteiger partial charge is 0.252 e. The average molecular weight is 437 g/mol. The summed E-state index contributed by atoms with van der Waals surface area (Å²) in [6, 6.07) is 18.1. The normalized spacial score (nSPS) is 14.4. The van der Waals surface area contributed by atoms with E-state index >= 15 is 0 Å². The van der Waals surface area contributed by atoms with Gasteiger partial charge in [-0.3, -0.25) is 4.79 Å². The Kier molecular flexibility index (Phi) is 4.23. The third-order valence-electron chi connectivity index (χ3n) is 6.08. The lowest BCUT2D eigenvalue weighted by molar-refractivity contribution is 0.0945. The summed E-state index contributed by atoms with van der Waals surface area (Å²) in [6.07, 6.45) is 3.47. The Morgan fingerprint density at radius 3 is 2.66 bits per heavy atom. The van der Waals surface area contributed by atoms with Crippen molar-refractivity contribution in [1.29, 1.82) is 0 Å². The molecule has 0 saturated heterocycles. The highest BCUT2D eigenvalue weighted by Gasteiger charge is 2.32. The van der Waals surface area contributed by atoms with Crippen molar-refractivity contribution in [2.75, 3.05) is 0 Å². The van der Waals surface area contributed by atoms with Gasteiger partial charge in [0.25, 0.3) is 5.91 Å². The van der Waals surface area contributed by atoms with Crippen molar-refractivity contribution < 1.29 is 4.79 Å². The van der Waals surface area contributed by atoms with Crippen LogP contribution in [0.4, 0.5) is 0 Å². The highest BCUT2D eigenvalue weighted by atomic mass is 32.1. The summed E-state index contributed by atoms with van der Waals surface area (Å²) in [5.41, 5.74) is 8.11.